The van der Waals surface area contributed by atoms with E-state index in [4.69, 9.17) is 4.74 Å². The first-order valence-corrected chi connectivity index (χ1v) is 6.37. The topological polar surface area (TPSA) is 38.3 Å². The number of nitrogens with one attached hydrogen (secondary N) is 1. The van der Waals surface area contributed by atoms with E-state index in [0.717, 1.165) is 17.7 Å². The minimum Gasteiger partial charge on any atom is -0.385 e. The average Bonchev–Trinajstić information content (AvgIpc) is 2.66. The van der Waals surface area contributed by atoms with Crippen molar-refractivity contribution in [2.75, 3.05) is 20.3 Å². The maximum atomic E-state index is 11.7. The molecule has 0 bridgehead atoms. The molecule has 0 aliphatic carbocycles. The van der Waals surface area contributed by atoms with Crippen molar-refractivity contribution in [1.82, 2.24) is 5.32 Å². The monoisotopic (exact) mass is 241 g/mol. The summed E-state index contributed by atoms with van der Waals surface area (Å²) in [6, 6.07) is 1.97. The highest BCUT2D eigenvalue weighted by Crippen LogP contribution is 2.22. The number of ether oxygens (including phenoxy) is 1. The normalized spacial score (nSPS) is 10.4. The van der Waals surface area contributed by atoms with Crippen molar-refractivity contribution in [3.63, 3.8) is 0 Å². The second-order valence-electron chi connectivity index (χ2n) is 3.67. The van der Waals surface area contributed by atoms with E-state index in [2.05, 4.69) is 19.2 Å². The highest BCUT2D eigenvalue weighted by molar-refractivity contribution is 7.14. The smallest absolute Gasteiger partial charge is 0.261 e. The van der Waals surface area contributed by atoms with E-state index >= 15 is 0 Å². The fraction of sp³-hybridized carbons (Fsp3) is 0.583. The highest BCUT2D eigenvalue weighted by atomic mass is 32.1. The van der Waals surface area contributed by atoms with Crippen LogP contribution in [0, 0.1) is 6.92 Å². The Morgan fingerprint density at radius 1 is 1.56 bits per heavy atom. The van der Waals surface area contributed by atoms with Crippen molar-refractivity contribution in [3.8, 4) is 0 Å². The van der Waals surface area contributed by atoms with Crippen molar-refractivity contribution < 1.29 is 9.53 Å². The molecule has 1 amide bonds. The standard InChI is InChI=1S/C12H19NO2S/c1-4-10-9(2)8-11(16-10)12(14)13-6-5-7-15-3/h8H,4-7H2,1-3H3,(H,13,14). The SMILES string of the molecule is CCc1sc(C(=O)NCCCOC)cc1C. The van der Waals surface area contributed by atoms with Gasteiger partial charge in [-0.1, -0.05) is 6.92 Å². The Kier molecular flexibility index (Phi) is 5.49. The Bertz CT molecular complexity index is 347. The van der Waals surface area contributed by atoms with E-state index in [1.165, 1.54) is 10.4 Å². The number of thiophene rings is 1. The summed E-state index contributed by atoms with van der Waals surface area (Å²) < 4.78 is 4.92. The third-order valence-corrected chi connectivity index (χ3v) is 3.76. The molecule has 0 radical (unpaired) electrons. The van der Waals surface area contributed by atoms with Gasteiger partial charge in [0.15, 0.2) is 0 Å². The predicted molar refractivity (Wildman–Crippen MR) is 67.3 cm³/mol. The summed E-state index contributed by atoms with van der Waals surface area (Å²) in [6.45, 7) is 5.52. The van der Waals surface area contributed by atoms with Gasteiger partial charge in [0, 0.05) is 25.1 Å². The van der Waals surface area contributed by atoms with E-state index < -0.39 is 0 Å². The predicted octanol–water partition coefficient (Wildman–Crippen LogP) is 2.39. The summed E-state index contributed by atoms with van der Waals surface area (Å²) in [6.07, 6.45) is 1.85. The first kappa shape index (κ1) is 13.2. The number of rotatable bonds is 6. The molecule has 0 unspecified atom stereocenters. The maximum Gasteiger partial charge on any atom is 0.261 e. The van der Waals surface area contributed by atoms with Gasteiger partial charge in [-0.05, 0) is 31.4 Å². The fourth-order valence-electron chi connectivity index (χ4n) is 1.49. The molecule has 1 aromatic rings. The zero-order valence-electron chi connectivity index (χ0n) is 10.1. The molecule has 0 atom stereocenters. The number of carbonyl (C=O) groups is 1. The molecule has 1 aromatic heterocycles. The van der Waals surface area contributed by atoms with E-state index in [-0.39, 0.29) is 5.91 Å². The van der Waals surface area contributed by atoms with Crippen LogP contribution >= 0.6 is 11.3 Å². The minimum absolute atomic E-state index is 0.0314. The number of amides is 1. The summed E-state index contributed by atoms with van der Waals surface area (Å²) in [5, 5.41) is 2.89. The Balaban J connectivity index is 2.46. The third kappa shape index (κ3) is 3.61. The number of hydrogen-bond acceptors (Lipinski definition) is 3. The van der Waals surface area contributed by atoms with Crippen LogP contribution < -0.4 is 5.32 Å². The van der Waals surface area contributed by atoms with Crippen LogP contribution in [0.25, 0.3) is 0 Å². The fourth-order valence-corrected chi connectivity index (χ4v) is 2.52. The van der Waals surface area contributed by atoms with Gasteiger partial charge in [-0.25, -0.2) is 0 Å². The second kappa shape index (κ2) is 6.66. The largest absolute Gasteiger partial charge is 0.385 e. The van der Waals surface area contributed by atoms with Crippen LogP contribution in [0.15, 0.2) is 6.07 Å². The van der Waals surface area contributed by atoms with Crippen LogP contribution in [0.3, 0.4) is 0 Å². The lowest BCUT2D eigenvalue weighted by atomic mass is 10.2. The summed E-state index contributed by atoms with van der Waals surface area (Å²) >= 11 is 1.59. The number of hydrogen-bond donors (Lipinski definition) is 1. The lowest BCUT2D eigenvalue weighted by molar-refractivity contribution is 0.0952. The van der Waals surface area contributed by atoms with Crippen LogP contribution in [0.5, 0.6) is 0 Å². The molecule has 0 saturated carbocycles. The molecule has 0 aromatic carbocycles. The van der Waals surface area contributed by atoms with Gasteiger partial charge in [0.25, 0.3) is 5.91 Å². The van der Waals surface area contributed by atoms with E-state index in [9.17, 15) is 4.79 Å². The van der Waals surface area contributed by atoms with Crippen LogP contribution in [0.2, 0.25) is 0 Å². The van der Waals surface area contributed by atoms with Gasteiger partial charge < -0.3 is 10.1 Å². The zero-order chi connectivity index (χ0) is 12.0. The van der Waals surface area contributed by atoms with Crippen LogP contribution in [-0.4, -0.2) is 26.2 Å². The Morgan fingerprint density at radius 2 is 2.31 bits per heavy atom. The molecule has 0 spiro atoms. The molecule has 1 rings (SSSR count). The van der Waals surface area contributed by atoms with Crippen LogP contribution in [0.4, 0.5) is 0 Å². The molecule has 0 aliphatic heterocycles. The van der Waals surface area contributed by atoms with Crippen LogP contribution in [-0.2, 0) is 11.2 Å². The Hall–Kier alpha value is -0.870. The van der Waals surface area contributed by atoms with Gasteiger partial charge >= 0.3 is 0 Å². The molecule has 0 fully saturated rings. The molecule has 0 saturated heterocycles. The van der Waals surface area contributed by atoms with E-state index in [1.54, 1.807) is 18.4 Å². The van der Waals surface area contributed by atoms with Gasteiger partial charge in [-0.3, -0.25) is 4.79 Å². The van der Waals surface area contributed by atoms with Crippen molar-refractivity contribution in [1.29, 1.82) is 0 Å². The van der Waals surface area contributed by atoms with Crippen molar-refractivity contribution in [2.45, 2.75) is 26.7 Å². The van der Waals surface area contributed by atoms with Crippen molar-refractivity contribution in [3.05, 3.63) is 21.4 Å². The van der Waals surface area contributed by atoms with Crippen molar-refractivity contribution in [2.24, 2.45) is 0 Å². The minimum atomic E-state index is 0.0314. The molecule has 1 N–H and O–H groups in total. The molecule has 90 valence electrons. The first-order valence-electron chi connectivity index (χ1n) is 5.55. The van der Waals surface area contributed by atoms with Gasteiger partial charge in [0.05, 0.1) is 4.88 Å². The number of aryl methyl sites for hydroxylation is 2. The van der Waals surface area contributed by atoms with Gasteiger partial charge in [-0.15, -0.1) is 11.3 Å². The molecular weight excluding hydrogens is 222 g/mol. The van der Waals surface area contributed by atoms with Gasteiger partial charge in [0.1, 0.15) is 0 Å². The summed E-state index contributed by atoms with van der Waals surface area (Å²) in [5.41, 5.74) is 1.22. The highest BCUT2D eigenvalue weighted by Gasteiger charge is 2.10. The lowest BCUT2D eigenvalue weighted by Gasteiger charge is -2.02. The molecule has 1 heterocycles. The quantitative estimate of drug-likeness (QED) is 0.777. The molecule has 16 heavy (non-hydrogen) atoms. The first-order chi connectivity index (χ1) is 7.69. The Labute approximate surface area is 101 Å². The van der Waals surface area contributed by atoms with E-state index in [1.807, 2.05) is 6.07 Å². The maximum absolute atomic E-state index is 11.7. The number of carbonyl (C=O) groups excluding carboxylic acids is 1. The van der Waals surface area contributed by atoms with Crippen molar-refractivity contribution >= 4 is 17.2 Å². The summed E-state index contributed by atoms with van der Waals surface area (Å²) in [7, 11) is 1.66. The molecule has 4 heteroatoms. The average molecular weight is 241 g/mol. The zero-order valence-corrected chi connectivity index (χ0v) is 10.9. The van der Waals surface area contributed by atoms with Gasteiger partial charge in [0.2, 0.25) is 0 Å². The summed E-state index contributed by atoms with van der Waals surface area (Å²) in [5.74, 6) is 0.0314. The number of methoxy groups -OCH3 is 1. The molecular formula is C12H19NO2S. The second-order valence-corrected chi connectivity index (χ2v) is 4.81. The lowest BCUT2D eigenvalue weighted by Crippen LogP contribution is -2.24. The Morgan fingerprint density at radius 3 is 2.88 bits per heavy atom. The summed E-state index contributed by atoms with van der Waals surface area (Å²) in [4.78, 5) is 13.9. The molecule has 0 aliphatic rings. The van der Waals surface area contributed by atoms with Gasteiger partial charge in [-0.2, -0.15) is 0 Å². The van der Waals surface area contributed by atoms with E-state index in [0.29, 0.717) is 13.2 Å². The van der Waals surface area contributed by atoms with Crippen LogP contribution in [0.1, 0.15) is 33.5 Å². The third-order valence-electron chi connectivity index (χ3n) is 2.38. The molecule has 3 nitrogen and oxygen atoms in total.